The number of hydrogen-bond acceptors (Lipinski definition) is 6. The Morgan fingerprint density at radius 3 is 2.38 bits per heavy atom. The van der Waals surface area contributed by atoms with Crippen LogP contribution in [0.5, 0.6) is 0 Å². The molecule has 29 heavy (non-hydrogen) atoms. The van der Waals surface area contributed by atoms with Crippen LogP contribution in [-0.4, -0.2) is 36.6 Å². The minimum atomic E-state index is -3.83. The molecule has 1 aliphatic heterocycles. The Kier molecular flexibility index (Phi) is 5.03. The van der Waals surface area contributed by atoms with Gasteiger partial charge in [-0.1, -0.05) is 0 Å². The van der Waals surface area contributed by atoms with Gasteiger partial charge < -0.3 is 4.42 Å². The third-order valence-electron chi connectivity index (χ3n) is 4.64. The molecule has 1 saturated heterocycles. The van der Waals surface area contributed by atoms with Gasteiger partial charge in [-0.15, -0.1) is 0 Å². The number of anilines is 1. The third kappa shape index (κ3) is 3.84. The third-order valence-corrected chi connectivity index (χ3v) is 6.08. The van der Waals surface area contributed by atoms with E-state index in [0.29, 0.717) is 11.4 Å². The van der Waals surface area contributed by atoms with Gasteiger partial charge in [-0.25, -0.2) is 13.1 Å². The van der Waals surface area contributed by atoms with Crippen LogP contribution in [-0.2, 0) is 19.6 Å². The molecule has 0 radical (unpaired) electrons. The summed E-state index contributed by atoms with van der Waals surface area (Å²) < 4.78 is 35.0. The molecular formula is C19H18N4O5S. The quantitative estimate of drug-likeness (QED) is 0.589. The summed E-state index contributed by atoms with van der Waals surface area (Å²) in [7, 11) is -3.83. The van der Waals surface area contributed by atoms with Crippen molar-refractivity contribution in [3.8, 4) is 0 Å². The summed E-state index contributed by atoms with van der Waals surface area (Å²) in [5.74, 6) is -0.00806. The second kappa shape index (κ2) is 7.64. The van der Waals surface area contributed by atoms with Gasteiger partial charge in [-0.05, 0) is 42.5 Å². The molecule has 3 aromatic rings. The van der Waals surface area contributed by atoms with Crippen molar-refractivity contribution in [1.29, 1.82) is 0 Å². The molecule has 0 spiro atoms. The topological polar surface area (TPSA) is 115 Å². The van der Waals surface area contributed by atoms with Crippen LogP contribution in [0.3, 0.4) is 0 Å². The van der Waals surface area contributed by atoms with Crippen molar-refractivity contribution in [3.05, 3.63) is 66.9 Å². The average molecular weight is 414 g/mol. The number of aromatic nitrogens is 2. The molecule has 9 nitrogen and oxygen atoms in total. The zero-order valence-corrected chi connectivity index (χ0v) is 16.1. The fourth-order valence-electron chi connectivity index (χ4n) is 3.18. The van der Waals surface area contributed by atoms with Crippen LogP contribution in [0.2, 0.25) is 0 Å². The van der Waals surface area contributed by atoms with Crippen molar-refractivity contribution >= 4 is 27.5 Å². The summed E-state index contributed by atoms with van der Waals surface area (Å²) in [5.41, 5.74) is 0.362. The molecule has 150 valence electrons. The number of furan rings is 1. The SMILES string of the molecule is O=C1CCC(=O)N1c1ccc(S(=O)(=O)NCC(c2ccco2)n2cccn2)cc1. The largest absolute Gasteiger partial charge is 0.467 e. The van der Waals surface area contributed by atoms with E-state index in [1.54, 1.807) is 35.3 Å². The van der Waals surface area contributed by atoms with Crippen LogP contribution in [0.25, 0.3) is 0 Å². The van der Waals surface area contributed by atoms with Crippen LogP contribution in [0, 0.1) is 0 Å². The Hall–Kier alpha value is -3.24. The van der Waals surface area contributed by atoms with Crippen molar-refractivity contribution < 1.29 is 22.4 Å². The molecule has 2 aromatic heterocycles. The van der Waals surface area contributed by atoms with Crippen molar-refractivity contribution in [3.63, 3.8) is 0 Å². The van der Waals surface area contributed by atoms with Crippen LogP contribution < -0.4 is 9.62 Å². The summed E-state index contributed by atoms with van der Waals surface area (Å²) in [6.07, 6.45) is 5.18. The highest BCUT2D eigenvalue weighted by atomic mass is 32.2. The van der Waals surface area contributed by atoms with Gasteiger partial charge >= 0.3 is 0 Å². The minimum absolute atomic E-state index is 0.0269. The lowest BCUT2D eigenvalue weighted by atomic mass is 10.2. The molecule has 4 rings (SSSR count). The number of imide groups is 1. The predicted molar refractivity (Wildman–Crippen MR) is 102 cm³/mol. The maximum absolute atomic E-state index is 12.7. The second-order valence-corrected chi connectivity index (χ2v) is 8.25. The maximum atomic E-state index is 12.7. The summed E-state index contributed by atoms with van der Waals surface area (Å²) in [4.78, 5) is 24.8. The molecule has 0 saturated carbocycles. The van der Waals surface area contributed by atoms with Crippen molar-refractivity contribution in [2.45, 2.75) is 23.8 Å². The standard InChI is InChI=1S/C19H18N4O5S/c24-18-8-9-19(25)23(18)14-4-6-15(7-5-14)29(26,27)21-13-16(17-3-1-12-28-17)22-11-2-10-20-22/h1-7,10-12,16,21H,8-9,13H2. The van der Waals surface area contributed by atoms with E-state index in [0.717, 1.165) is 4.90 Å². The first-order valence-electron chi connectivity index (χ1n) is 8.94. The van der Waals surface area contributed by atoms with Crippen LogP contribution in [0.1, 0.15) is 24.6 Å². The molecule has 10 heteroatoms. The first-order chi connectivity index (χ1) is 14.0. The number of benzene rings is 1. The number of rotatable bonds is 7. The number of amides is 2. The normalized spacial score (nSPS) is 15.8. The van der Waals surface area contributed by atoms with E-state index < -0.39 is 16.1 Å². The summed E-state index contributed by atoms with van der Waals surface area (Å²) in [6, 6.07) is 10.4. The van der Waals surface area contributed by atoms with Crippen molar-refractivity contribution in [1.82, 2.24) is 14.5 Å². The summed E-state index contributed by atoms with van der Waals surface area (Å²) in [6.45, 7) is 0.0301. The van der Waals surface area contributed by atoms with E-state index in [4.69, 9.17) is 4.42 Å². The van der Waals surface area contributed by atoms with Gasteiger partial charge in [0, 0.05) is 31.8 Å². The highest BCUT2D eigenvalue weighted by Gasteiger charge is 2.30. The van der Waals surface area contributed by atoms with E-state index in [9.17, 15) is 18.0 Å². The van der Waals surface area contributed by atoms with Crippen LogP contribution in [0.4, 0.5) is 5.69 Å². The summed E-state index contributed by atoms with van der Waals surface area (Å²) >= 11 is 0. The molecule has 1 fully saturated rings. The molecule has 2 amide bonds. The maximum Gasteiger partial charge on any atom is 0.240 e. The van der Waals surface area contributed by atoms with Crippen molar-refractivity contribution in [2.24, 2.45) is 0 Å². The highest BCUT2D eigenvalue weighted by Crippen LogP contribution is 2.24. The van der Waals surface area contributed by atoms with Gasteiger partial charge in [0.05, 0.1) is 16.8 Å². The van der Waals surface area contributed by atoms with Gasteiger partial charge in [0.25, 0.3) is 0 Å². The smallest absolute Gasteiger partial charge is 0.240 e. The predicted octanol–water partition coefficient (Wildman–Crippen LogP) is 1.70. The Morgan fingerprint density at radius 1 is 1.07 bits per heavy atom. The average Bonchev–Trinajstić information content (AvgIpc) is 3.46. The Labute approximate surface area is 167 Å². The fraction of sp³-hybridized carbons (Fsp3) is 0.211. The van der Waals surface area contributed by atoms with Gasteiger partial charge in [0.15, 0.2) is 0 Å². The number of carbonyl (C=O) groups is 2. The number of nitrogens with zero attached hydrogens (tertiary/aromatic N) is 3. The van der Waals surface area contributed by atoms with E-state index in [2.05, 4.69) is 9.82 Å². The van der Waals surface area contributed by atoms with Gasteiger partial charge in [-0.3, -0.25) is 19.2 Å². The Balaban J connectivity index is 1.51. The van der Waals surface area contributed by atoms with Gasteiger partial charge in [0.1, 0.15) is 11.8 Å². The zero-order valence-electron chi connectivity index (χ0n) is 15.3. The molecule has 1 N–H and O–H groups in total. The molecular weight excluding hydrogens is 396 g/mol. The van der Waals surface area contributed by atoms with E-state index >= 15 is 0 Å². The van der Waals surface area contributed by atoms with E-state index in [-0.39, 0.29) is 36.1 Å². The second-order valence-electron chi connectivity index (χ2n) is 6.49. The molecule has 3 heterocycles. The fourth-order valence-corrected chi connectivity index (χ4v) is 4.22. The lowest BCUT2D eigenvalue weighted by Gasteiger charge is -2.17. The zero-order chi connectivity index (χ0) is 20.4. The lowest BCUT2D eigenvalue weighted by Crippen LogP contribution is -2.31. The molecule has 1 aliphatic rings. The Bertz CT molecular complexity index is 1060. The number of nitrogens with one attached hydrogen (secondary N) is 1. The lowest BCUT2D eigenvalue weighted by molar-refractivity contribution is -0.121. The highest BCUT2D eigenvalue weighted by molar-refractivity contribution is 7.89. The molecule has 0 aliphatic carbocycles. The number of carbonyl (C=O) groups excluding carboxylic acids is 2. The van der Waals surface area contributed by atoms with Crippen molar-refractivity contribution in [2.75, 3.05) is 11.4 Å². The Morgan fingerprint density at radius 2 is 1.79 bits per heavy atom. The van der Waals surface area contributed by atoms with Gasteiger partial charge in [0.2, 0.25) is 21.8 Å². The first kappa shape index (κ1) is 19.1. The molecule has 1 aromatic carbocycles. The minimum Gasteiger partial charge on any atom is -0.467 e. The number of sulfonamides is 1. The molecule has 0 bridgehead atoms. The summed E-state index contributed by atoms with van der Waals surface area (Å²) in [5, 5.41) is 4.17. The molecule has 1 unspecified atom stereocenters. The first-order valence-corrected chi connectivity index (χ1v) is 10.4. The molecule has 1 atom stereocenters. The van der Waals surface area contributed by atoms with Crippen LogP contribution in [0.15, 0.2) is 70.4 Å². The van der Waals surface area contributed by atoms with E-state index in [1.165, 1.54) is 30.5 Å². The van der Waals surface area contributed by atoms with Crippen LogP contribution >= 0.6 is 0 Å². The number of hydrogen-bond donors (Lipinski definition) is 1. The van der Waals surface area contributed by atoms with Gasteiger partial charge in [-0.2, -0.15) is 5.10 Å². The monoisotopic (exact) mass is 414 g/mol. The van der Waals surface area contributed by atoms with E-state index in [1.807, 2.05) is 0 Å².